The molecule has 7 heteroatoms. The number of hydrogen-bond acceptors (Lipinski definition) is 5. The predicted octanol–water partition coefficient (Wildman–Crippen LogP) is 5.44. The number of ether oxygens (including phenoxy) is 3. The van der Waals surface area contributed by atoms with Crippen LogP contribution in [-0.4, -0.2) is 42.7 Å². The van der Waals surface area contributed by atoms with Gasteiger partial charge in [0, 0.05) is 25.2 Å². The van der Waals surface area contributed by atoms with E-state index in [-0.39, 0.29) is 12.5 Å². The van der Waals surface area contributed by atoms with Gasteiger partial charge < -0.3 is 24.4 Å². The fourth-order valence-electron chi connectivity index (χ4n) is 3.51. The van der Waals surface area contributed by atoms with Crippen molar-refractivity contribution in [1.82, 2.24) is 10.2 Å². The summed E-state index contributed by atoms with van der Waals surface area (Å²) in [7, 11) is 1.59. The quantitative estimate of drug-likeness (QED) is 0.409. The van der Waals surface area contributed by atoms with Gasteiger partial charge in [-0.3, -0.25) is 4.79 Å². The molecule has 0 radical (unpaired) electrons. The zero-order valence-electron chi connectivity index (χ0n) is 21.3. The van der Waals surface area contributed by atoms with Crippen LogP contribution >= 0.6 is 0 Å². The molecule has 0 bridgehead atoms. The van der Waals surface area contributed by atoms with Crippen molar-refractivity contribution in [2.45, 2.75) is 39.5 Å². The summed E-state index contributed by atoms with van der Waals surface area (Å²) < 4.78 is 16.8. The van der Waals surface area contributed by atoms with Crippen molar-refractivity contribution in [2.24, 2.45) is 0 Å². The molecule has 0 saturated heterocycles. The summed E-state index contributed by atoms with van der Waals surface area (Å²) in [5.74, 6) is 1.07. The van der Waals surface area contributed by atoms with Crippen LogP contribution in [0.4, 0.5) is 4.79 Å². The number of alkyl carbamates (subject to hydrolysis) is 1. The highest BCUT2D eigenvalue weighted by Crippen LogP contribution is 2.29. The number of rotatable bonds is 10. The fraction of sp³-hybridized carbons (Fsp3) is 0.310. The van der Waals surface area contributed by atoms with Gasteiger partial charge in [-0.1, -0.05) is 54.6 Å². The van der Waals surface area contributed by atoms with Crippen LogP contribution in [0.1, 0.15) is 42.3 Å². The average molecular weight is 491 g/mol. The van der Waals surface area contributed by atoms with Gasteiger partial charge in [-0.05, 0) is 56.2 Å². The van der Waals surface area contributed by atoms with Crippen molar-refractivity contribution in [1.29, 1.82) is 0 Å². The Bertz CT molecular complexity index is 1130. The van der Waals surface area contributed by atoms with Crippen LogP contribution in [0.5, 0.6) is 11.5 Å². The van der Waals surface area contributed by atoms with Gasteiger partial charge in [0.1, 0.15) is 12.2 Å². The van der Waals surface area contributed by atoms with Crippen molar-refractivity contribution in [3.8, 4) is 11.5 Å². The summed E-state index contributed by atoms with van der Waals surface area (Å²) in [4.78, 5) is 27.0. The number of methoxy groups -OCH3 is 1. The highest BCUT2D eigenvalue weighted by molar-refractivity contribution is 5.94. The minimum absolute atomic E-state index is 0.134. The number of carbonyl (C=O) groups excluding carboxylic acids is 2. The Morgan fingerprint density at radius 2 is 1.53 bits per heavy atom. The molecule has 0 saturated carbocycles. The largest absolute Gasteiger partial charge is 0.493 e. The zero-order valence-corrected chi connectivity index (χ0v) is 21.3. The lowest BCUT2D eigenvalue weighted by atomic mass is 10.1. The van der Waals surface area contributed by atoms with E-state index in [9.17, 15) is 9.59 Å². The second-order valence-electron chi connectivity index (χ2n) is 9.28. The molecule has 190 valence electrons. The maximum absolute atomic E-state index is 13.3. The summed E-state index contributed by atoms with van der Waals surface area (Å²) in [6.45, 7) is 6.73. The SMILES string of the molecule is COc1cc(CN(CCNC(=O)OC(C)(C)C)C(=O)c2ccccc2)ccc1OCc1ccccc1. The first-order chi connectivity index (χ1) is 17.2. The summed E-state index contributed by atoms with van der Waals surface area (Å²) in [6.07, 6.45) is -0.517. The molecule has 0 aliphatic heterocycles. The number of hydrogen-bond donors (Lipinski definition) is 1. The van der Waals surface area contributed by atoms with E-state index in [0.29, 0.717) is 36.8 Å². The maximum atomic E-state index is 13.3. The Morgan fingerprint density at radius 1 is 0.861 bits per heavy atom. The molecule has 0 fully saturated rings. The number of nitrogens with zero attached hydrogens (tertiary/aromatic N) is 1. The smallest absolute Gasteiger partial charge is 0.407 e. The Balaban J connectivity index is 1.71. The predicted molar refractivity (Wildman–Crippen MR) is 139 cm³/mol. The molecule has 0 heterocycles. The summed E-state index contributed by atoms with van der Waals surface area (Å²) in [6, 6.07) is 24.6. The van der Waals surface area contributed by atoms with Crippen LogP contribution in [-0.2, 0) is 17.9 Å². The molecule has 3 rings (SSSR count). The van der Waals surface area contributed by atoms with Crippen molar-refractivity contribution in [3.05, 3.63) is 95.6 Å². The van der Waals surface area contributed by atoms with Crippen molar-refractivity contribution in [2.75, 3.05) is 20.2 Å². The molecule has 7 nitrogen and oxygen atoms in total. The van der Waals surface area contributed by atoms with E-state index in [2.05, 4.69) is 5.32 Å². The molecule has 0 atom stereocenters. The molecule has 0 unspecified atom stereocenters. The van der Waals surface area contributed by atoms with Gasteiger partial charge in [0.25, 0.3) is 5.91 Å². The van der Waals surface area contributed by atoms with E-state index < -0.39 is 11.7 Å². The van der Waals surface area contributed by atoms with Crippen LogP contribution < -0.4 is 14.8 Å². The standard InChI is InChI=1S/C29H34N2O5/c1-29(2,3)36-28(33)30-17-18-31(27(32)24-13-9-6-10-14-24)20-23-15-16-25(26(19-23)34-4)35-21-22-11-7-5-8-12-22/h5-16,19H,17-18,20-21H2,1-4H3,(H,30,33). The summed E-state index contributed by atoms with van der Waals surface area (Å²) in [5.41, 5.74) is 1.91. The van der Waals surface area contributed by atoms with Gasteiger partial charge in [-0.15, -0.1) is 0 Å². The lowest BCUT2D eigenvalue weighted by Crippen LogP contribution is -2.40. The second-order valence-corrected chi connectivity index (χ2v) is 9.28. The van der Waals surface area contributed by atoms with E-state index in [4.69, 9.17) is 14.2 Å². The van der Waals surface area contributed by atoms with Gasteiger partial charge in [-0.25, -0.2) is 4.79 Å². The van der Waals surface area contributed by atoms with Crippen LogP contribution in [0, 0.1) is 0 Å². The maximum Gasteiger partial charge on any atom is 0.407 e. The van der Waals surface area contributed by atoms with Crippen LogP contribution in [0.3, 0.4) is 0 Å². The molecule has 2 amide bonds. The third-order valence-corrected chi connectivity index (χ3v) is 5.20. The zero-order chi connectivity index (χ0) is 26.0. The van der Waals surface area contributed by atoms with Gasteiger partial charge in [0.2, 0.25) is 0 Å². The number of amides is 2. The highest BCUT2D eigenvalue weighted by Gasteiger charge is 2.19. The van der Waals surface area contributed by atoms with Gasteiger partial charge >= 0.3 is 6.09 Å². The Kier molecular flexibility index (Phi) is 9.33. The fourth-order valence-corrected chi connectivity index (χ4v) is 3.51. The molecule has 1 N–H and O–H groups in total. The van der Waals surface area contributed by atoms with E-state index in [1.807, 2.05) is 66.7 Å². The van der Waals surface area contributed by atoms with Crippen LogP contribution in [0.2, 0.25) is 0 Å². The molecular weight excluding hydrogens is 456 g/mol. The molecule has 36 heavy (non-hydrogen) atoms. The Morgan fingerprint density at radius 3 is 2.17 bits per heavy atom. The van der Waals surface area contributed by atoms with Crippen molar-refractivity contribution < 1.29 is 23.8 Å². The summed E-state index contributed by atoms with van der Waals surface area (Å²) in [5, 5.41) is 2.73. The molecule has 0 aliphatic rings. The molecule has 0 spiro atoms. The average Bonchev–Trinajstić information content (AvgIpc) is 2.87. The first-order valence-corrected chi connectivity index (χ1v) is 11.9. The number of benzene rings is 3. The van der Waals surface area contributed by atoms with Crippen LogP contribution in [0.25, 0.3) is 0 Å². The van der Waals surface area contributed by atoms with Gasteiger partial charge in [0.15, 0.2) is 11.5 Å². The molecular formula is C29H34N2O5. The molecule has 3 aromatic rings. The normalized spacial score (nSPS) is 10.9. The highest BCUT2D eigenvalue weighted by atomic mass is 16.6. The minimum atomic E-state index is -0.593. The molecule has 3 aromatic carbocycles. The van der Waals surface area contributed by atoms with Crippen molar-refractivity contribution >= 4 is 12.0 Å². The number of nitrogens with one attached hydrogen (secondary N) is 1. The first-order valence-electron chi connectivity index (χ1n) is 11.9. The summed E-state index contributed by atoms with van der Waals surface area (Å²) >= 11 is 0. The second kappa shape index (κ2) is 12.6. The Hall–Kier alpha value is -4.00. The third-order valence-electron chi connectivity index (χ3n) is 5.20. The van der Waals surface area contributed by atoms with E-state index in [1.165, 1.54) is 0 Å². The molecule has 0 aromatic heterocycles. The number of carbonyl (C=O) groups is 2. The van der Waals surface area contributed by atoms with E-state index in [1.54, 1.807) is 44.9 Å². The monoisotopic (exact) mass is 490 g/mol. The lowest BCUT2D eigenvalue weighted by Gasteiger charge is -2.25. The first kappa shape index (κ1) is 26.6. The van der Waals surface area contributed by atoms with Gasteiger partial charge in [-0.2, -0.15) is 0 Å². The Labute approximate surface area is 213 Å². The van der Waals surface area contributed by atoms with Crippen LogP contribution in [0.15, 0.2) is 78.9 Å². The van der Waals surface area contributed by atoms with E-state index in [0.717, 1.165) is 11.1 Å². The third kappa shape index (κ3) is 8.34. The van der Waals surface area contributed by atoms with Crippen molar-refractivity contribution in [3.63, 3.8) is 0 Å². The minimum Gasteiger partial charge on any atom is -0.493 e. The van der Waals surface area contributed by atoms with Gasteiger partial charge in [0.05, 0.1) is 7.11 Å². The topological polar surface area (TPSA) is 77.1 Å². The lowest BCUT2D eigenvalue weighted by molar-refractivity contribution is 0.0512. The molecule has 0 aliphatic carbocycles. The van der Waals surface area contributed by atoms with E-state index >= 15 is 0 Å².